The second-order valence-electron chi connectivity index (χ2n) is 3.25. The fourth-order valence-corrected chi connectivity index (χ4v) is 1.49. The number of carbonyl (C=O) groups is 1. The number of ketones is 1. The summed E-state index contributed by atoms with van der Waals surface area (Å²) in [5, 5.41) is 0. The van der Waals surface area contributed by atoms with Crippen LogP contribution in [0.15, 0.2) is 0 Å². The molecule has 52 valence electrons. The van der Waals surface area contributed by atoms with E-state index in [4.69, 9.17) is 0 Å². The Kier molecular flexibility index (Phi) is 1.89. The van der Waals surface area contributed by atoms with Gasteiger partial charge in [0.05, 0.1) is 0 Å². The lowest BCUT2D eigenvalue weighted by atomic mass is 9.83. The van der Waals surface area contributed by atoms with E-state index in [2.05, 4.69) is 6.92 Å². The number of Topliss-reactive ketones (excluding diaryl/α,β-unsaturated/α-hetero) is 1. The Labute approximate surface area is 56.4 Å². The van der Waals surface area contributed by atoms with Crippen LogP contribution < -0.4 is 0 Å². The summed E-state index contributed by atoms with van der Waals surface area (Å²) in [6.45, 7) is 4.26. The predicted octanol–water partition coefficient (Wildman–Crippen LogP) is 2.01. The van der Waals surface area contributed by atoms with Crippen LogP contribution in [-0.4, -0.2) is 5.78 Å². The number of carbonyl (C=O) groups excluding carboxylic acids is 1. The van der Waals surface area contributed by atoms with Gasteiger partial charge in [-0.1, -0.05) is 13.8 Å². The molecule has 0 spiro atoms. The summed E-state index contributed by atoms with van der Waals surface area (Å²) in [6, 6.07) is 0. The van der Waals surface area contributed by atoms with Gasteiger partial charge in [-0.2, -0.15) is 0 Å². The van der Waals surface area contributed by atoms with E-state index in [1.54, 1.807) is 0 Å². The zero-order valence-electron chi connectivity index (χ0n) is 6.18. The Hall–Kier alpha value is -0.330. The Morgan fingerprint density at radius 1 is 1.44 bits per heavy atom. The smallest absolute Gasteiger partial charge is 0.135 e. The molecule has 1 saturated carbocycles. The fourth-order valence-electron chi connectivity index (χ4n) is 1.49. The summed E-state index contributed by atoms with van der Waals surface area (Å²) in [4.78, 5) is 10.9. The molecule has 0 aliphatic heterocycles. The van der Waals surface area contributed by atoms with Gasteiger partial charge in [0.15, 0.2) is 0 Å². The first-order chi connectivity index (χ1) is 4.20. The summed E-state index contributed by atoms with van der Waals surface area (Å²) < 4.78 is 0. The van der Waals surface area contributed by atoms with Crippen LogP contribution in [0.25, 0.3) is 0 Å². The van der Waals surface area contributed by atoms with Crippen LogP contribution in [0.4, 0.5) is 0 Å². The predicted molar refractivity (Wildman–Crippen MR) is 37.2 cm³/mol. The third-order valence-electron chi connectivity index (χ3n) is 2.19. The van der Waals surface area contributed by atoms with Crippen molar-refractivity contribution in [2.75, 3.05) is 0 Å². The molecule has 1 nitrogen and oxygen atoms in total. The third kappa shape index (κ3) is 1.54. The summed E-state index contributed by atoms with van der Waals surface area (Å²) >= 11 is 0. The minimum atomic E-state index is 0.341. The van der Waals surface area contributed by atoms with Crippen LogP contribution in [0.1, 0.15) is 33.1 Å². The van der Waals surface area contributed by atoms with Gasteiger partial charge in [0.2, 0.25) is 0 Å². The van der Waals surface area contributed by atoms with Crippen LogP contribution in [0.5, 0.6) is 0 Å². The van der Waals surface area contributed by atoms with E-state index in [1.807, 2.05) is 6.92 Å². The van der Waals surface area contributed by atoms with Gasteiger partial charge in [-0.25, -0.2) is 0 Å². The molecule has 0 aromatic rings. The second-order valence-corrected chi connectivity index (χ2v) is 3.25. The van der Waals surface area contributed by atoms with E-state index in [0.29, 0.717) is 11.7 Å². The van der Waals surface area contributed by atoms with Gasteiger partial charge in [0.25, 0.3) is 0 Å². The largest absolute Gasteiger partial charge is 0.299 e. The van der Waals surface area contributed by atoms with E-state index in [0.717, 1.165) is 25.2 Å². The van der Waals surface area contributed by atoms with Gasteiger partial charge in [-0.05, 0) is 18.8 Å². The van der Waals surface area contributed by atoms with E-state index in [-0.39, 0.29) is 0 Å². The molecule has 0 unspecified atom stereocenters. The maximum atomic E-state index is 10.9. The summed E-state index contributed by atoms with van der Waals surface area (Å²) in [5.41, 5.74) is 0. The van der Waals surface area contributed by atoms with E-state index < -0.39 is 0 Å². The monoisotopic (exact) mass is 126 g/mol. The number of hydrogen-bond donors (Lipinski definition) is 0. The molecule has 1 aliphatic carbocycles. The molecule has 1 rings (SSSR count). The zero-order valence-corrected chi connectivity index (χ0v) is 6.18. The van der Waals surface area contributed by atoms with Gasteiger partial charge in [0.1, 0.15) is 5.78 Å². The molecule has 1 aliphatic rings. The summed E-state index contributed by atoms with van der Waals surface area (Å²) in [5.74, 6) is 1.58. The van der Waals surface area contributed by atoms with Gasteiger partial charge >= 0.3 is 0 Å². The Bertz CT molecular complexity index is 118. The third-order valence-corrected chi connectivity index (χ3v) is 2.19. The molecule has 9 heavy (non-hydrogen) atoms. The molecular formula is C8H14O. The SMILES string of the molecule is C[C@H]1CCC(=O)[C@H](C)C1. The van der Waals surface area contributed by atoms with Crippen molar-refractivity contribution >= 4 is 5.78 Å². The molecule has 0 saturated heterocycles. The van der Waals surface area contributed by atoms with Gasteiger partial charge in [-0.15, -0.1) is 0 Å². The minimum absolute atomic E-state index is 0.341. The van der Waals surface area contributed by atoms with Crippen molar-refractivity contribution in [1.29, 1.82) is 0 Å². The summed E-state index contributed by atoms with van der Waals surface area (Å²) in [6.07, 6.45) is 3.05. The van der Waals surface area contributed by atoms with Crippen molar-refractivity contribution in [1.82, 2.24) is 0 Å². The van der Waals surface area contributed by atoms with Crippen LogP contribution in [0, 0.1) is 11.8 Å². The van der Waals surface area contributed by atoms with Crippen molar-refractivity contribution in [3.8, 4) is 0 Å². The normalized spacial score (nSPS) is 36.9. The number of rotatable bonds is 0. The topological polar surface area (TPSA) is 17.1 Å². The van der Waals surface area contributed by atoms with Crippen molar-refractivity contribution < 1.29 is 4.79 Å². The van der Waals surface area contributed by atoms with Gasteiger partial charge in [-0.3, -0.25) is 4.79 Å². The molecule has 1 fully saturated rings. The van der Waals surface area contributed by atoms with Gasteiger partial charge in [0, 0.05) is 12.3 Å². The quantitative estimate of drug-likeness (QED) is 0.485. The van der Waals surface area contributed by atoms with Crippen molar-refractivity contribution in [2.45, 2.75) is 33.1 Å². The molecule has 0 aromatic carbocycles. The fraction of sp³-hybridized carbons (Fsp3) is 0.875. The molecule has 0 N–H and O–H groups in total. The van der Waals surface area contributed by atoms with Crippen LogP contribution in [-0.2, 0) is 4.79 Å². The zero-order chi connectivity index (χ0) is 6.85. The second kappa shape index (κ2) is 2.51. The molecule has 0 bridgehead atoms. The Morgan fingerprint density at radius 3 is 2.56 bits per heavy atom. The highest BCUT2D eigenvalue weighted by Gasteiger charge is 2.21. The Balaban J connectivity index is 2.44. The average molecular weight is 126 g/mol. The lowest BCUT2D eigenvalue weighted by molar-refractivity contribution is -0.124. The highest BCUT2D eigenvalue weighted by Crippen LogP contribution is 2.24. The Morgan fingerprint density at radius 2 is 2.11 bits per heavy atom. The first kappa shape index (κ1) is 6.79. The van der Waals surface area contributed by atoms with Crippen LogP contribution in [0.2, 0.25) is 0 Å². The van der Waals surface area contributed by atoms with E-state index in [1.165, 1.54) is 0 Å². The van der Waals surface area contributed by atoms with Crippen molar-refractivity contribution in [2.24, 2.45) is 11.8 Å². The molecule has 0 amide bonds. The maximum Gasteiger partial charge on any atom is 0.135 e. The van der Waals surface area contributed by atoms with Crippen LogP contribution in [0.3, 0.4) is 0 Å². The molecule has 0 heterocycles. The average Bonchev–Trinajstić information content (AvgIpc) is 1.80. The molecule has 2 atom stereocenters. The lowest BCUT2D eigenvalue weighted by Crippen LogP contribution is -2.20. The lowest BCUT2D eigenvalue weighted by Gasteiger charge is -2.21. The molecule has 1 heteroatoms. The van der Waals surface area contributed by atoms with Crippen molar-refractivity contribution in [3.05, 3.63) is 0 Å². The highest BCUT2D eigenvalue weighted by atomic mass is 16.1. The summed E-state index contributed by atoms with van der Waals surface area (Å²) in [7, 11) is 0. The first-order valence-electron chi connectivity index (χ1n) is 3.73. The molecular weight excluding hydrogens is 112 g/mol. The molecule has 0 radical (unpaired) electrons. The first-order valence-corrected chi connectivity index (χ1v) is 3.73. The van der Waals surface area contributed by atoms with E-state index >= 15 is 0 Å². The van der Waals surface area contributed by atoms with Crippen LogP contribution >= 0.6 is 0 Å². The van der Waals surface area contributed by atoms with Gasteiger partial charge < -0.3 is 0 Å². The van der Waals surface area contributed by atoms with Crippen molar-refractivity contribution in [3.63, 3.8) is 0 Å². The maximum absolute atomic E-state index is 10.9. The standard InChI is InChI=1S/C8H14O/c1-6-3-4-8(9)7(2)5-6/h6-7H,3-5H2,1-2H3/t6-,7+/m0/s1. The molecule has 0 aromatic heterocycles. The number of hydrogen-bond acceptors (Lipinski definition) is 1. The van der Waals surface area contributed by atoms with E-state index in [9.17, 15) is 4.79 Å². The highest BCUT2D eigenvalue weighted by molar-refractivity contribution is 5.81. The minimum Gasteiger partial charge on any atom is -0.299 e.